The van der Waals surface area contributed by atoms with Gasteiger partial charge in [-0.15, -0.1) is 0 Å². The van der Waals surface area contributed by atoms with E-state index in [1.165, 1.54) is 0 Å². The van der Waals surface area contributed by atoms with Gasteiger partial charge >= 0.3 is 6.01 Å². The van der Waals surface area contributed by atoms with E-state index in [9.17, 15) is 4.39 Å². The van der Waals surface area contributed by atoms with Crippen molar-refractivity contribution in [2.75, 3.05) is 50.8 Å². The first-order chi connectivity index (χ1) is 21.1. The van der Waals surface area contributed by atoms with E-state index in [1.807, 2.05) is 26.8 Å². The van der Waals surface area contributed by atoms with E-state index in [4.69, 9.17) is 23.6 Å². The van der Waals surface area contributed by atoms with Crippen LogP contribution in [0.1, 0.15) is 58.1 Å². The number of benzene rings is 1. The number of nitrogens with zero attached hydrogens (tertiary/aromatic N) is 5. The first-order valence-electron chi connectivity index (χ1n) is 16.0. The number of rotatable bonds is 7. The van der Waals surface area contributed by atoms with E-state index in [0.29, 0.717) is 54.2 Å². The molecule has 7 heterocycles. The lowest BCUT2D eigenvalue weighted by molar-refractivity contribution is -0.139. The molecule has 5 fully saturated rings. The van der Waals surface area contributed by atoms with Crippen LogP contribution in [-0.2, 0) is 9.47 Å². The van der Waals surface area contributed by atoms with Gasteiger partial charge in [-0.2, -0.15) is 9.97 Å². The summed E-state index contributed by atoms with van der Waals surface area (Å²) in [7, 11) is 0. The Bertz CT molecular complexity index is 1590. The Labute approximate surface area is 264 Å². The van der Waals surface area contributed by atoms with Crippen molar-refractivity contribution in [2.24, 2.45) is 0 Å². The Balaban J connectivity index is 1.12. The highest BCUT2D eigenvalue weighted by atomic mass is 79.9. The van der Waals surface area contributed by atoms with Gasteiger partial charge in [-0.25, -0.2) is 8.78 Å². The molecule has 0 amide bonds. The normalized spacial score (nSPS) is 32.0. The monoisotopic (exact) mass is 675 g/mol. The van der Waals surface area contributed by atoms with Crippen LogP contribution in [-0.4, -0.2) is 101 Å². The molecule has 5 saturated heterocycles. The molecule has 238 valence electrons. The number of hydrogen-bond donors (Lipinski definition) is 0. The minimum Gasteiger partial charge on any atom is -0.461 e. The van der Waals surface area contributed by atoms with Crippen molar-refractivity contribution in [3.63, 3.8) is 0 Å². The third-order valence-electron chi connectivity index (χ3n) is 10.5. The van der Waals surface area contributed by atoms with Gasteiger partial charge in [0.1, 0.15) is 29.9 Å². The van der Waals surface area contributed by atoms with Crippen LogP contribution < -0.4 is 9.64 Å². The van der Waals surface area contributed by atoms with Gasteiger partial charge in [-0.3, -0.25) is 9.80 Å². The van der Waals surface area contributed by atoms with E-state index in [1.54, 1.807) is 0 Å². The molecule has 0 spiro atoms. The highest BCUT2D eigenvalue weighted by Gasteiger charge is 2.49. The van der Waals surface area contributed by atoms with Gasteiger partial charge < -0.3 is 23.5 Å². The largest absolute Gasteiger partial charge is 0.461 e. The predicted octanol–water partition coefficient (Wildman–Crippen LogP) is 5.74. The summed E-state index contributed by atoms with van der Waals surface area (Å²) in [4.78, 5) is 16.7. The number of alkyl halides is 1. The molecular formula is C32H40BrF2N5O4. The smallest absolute Gasteiger partial charge is 0.319 e. The van der Waals surface area contributed by atoms with E-state index >= 15 is 4.39 Å². The summed E-state index contributed by atoms with van der Waals surface area (Å²) in [6.45, 7) is 10.5. The van der Waals surface area contributed by atoms with Crippen LogP contribution >= 0.6 is 15.9 Å². The van der Waals surface area contributed by atoms with Crippen LogP contribution in [0.25, 0.3) is 21.9 Å². The van der Waals surface area contributed by atoms with Gasteiger partial charge in [0, 0.05) is 50.1 Å². The molecular weight excluding hydrogens is 636 g/mol. The van der Waals surface area contributed by atoms with Crippen LogP contribution in [0.15, 0.2) is 15.0 Å². The standard InChI is InChI=1S/C32H40BrF2N5O4/c1-18-11-23-24-27(26(35)25(33)28(23)43-18)36-30(41-17-32-8-4-9-39(32)13-19(34)12-32)37-29(24)38-14-20-5-6-21(15-38)40(20)10-7-22-16-42-31(2,3)44-22/h11,19-22H,4-10,12-17H2,1-3H3/t19-,20-,21+,22?,32+/m1/s1. The molecule has 1 aromatic carbocycles. The predicted molar refractivity (Wildman–Crippen MR) is 166 cm³/mol. The number of aromatic nitrogens is 2. The summed E-state index contributed by atoms with van der Waals surface area (Å²) in [5.74, 6) is 0.346. The van der Waals surface area contributed by atoms with Crippen LogP contribution in [0.2, 0.25) is 0 Å². The fourth-order valence-corrected chi connectivity index (χ4v) is 9.05. The summed E-state index contributed by atoms with van der Waals surface area (Å²) in [5, 5.41) is 1.42. The van der Waals surface area contributed by atoms with E-state index < -0.39 is 17.8 Å². The van der Waals surface area contributed by atoms with Gasteiger partial charge in [0.15, 0.2) is 17.2 Å². The van der Waals surface area contributed by atoms with Gasteiger partial charge in [0.25, 0.3) is 0 Å². The lowest BCUT2D eigenvalue weighted by Crippen LogP contribution is -2.54. The van der Waals surface area contributed by atoms with E-state index in [2.05, 4.69) is 35.6 Å². The first-order valence-corrected chi connectivity index (χ1v) is 16.8. The van der Waals surface area contributed by atoms with E-state index in [0.717, 1.165) is 63.7 Å². The van der Waals surface area contributed by atoms with Crippen LogP contribution in [0, 0.1) is 12.7 Å². The Morgan fingerprint density at radius 1 is 1.16 bits per heavy atom. The zero-order valence-corrected chi connectivity index (χ0v) is 27.2. The summed E-state index contributed by atoms with van der Waals surface area (Å²) in [5.41, 5.74) is 0.308. The average molecular weight is 677 g/mol. The number of halogens is 3. The second-order valence-corrected chi connectivity index (χ2v) is 14.7. The van der Waals surface area contributed by atoms with Gasteiger partial charge in [-0.1, -0.05) is 0 Å². The molecule has 8 rings (SSSR count). The van der Waals surface area contributed by atoms with Crippen molar-refractivity contribution >= 4 is 43.6 Å². The van der Waals surface area contributed by atoms with Gasteiger partial charge in [-0.05, 0) is 81.4 Å². The van der Waals surface area contributed by atoms with Crippen molar-refractivity contribution in [2.45, 2.75) is 95.0 Å². The molecule has 5 aliphatic heterocycles. The maximum atomic E-state index is 16.0. The summed E-state index contributed by atoms with van der Waals surface area (Å²) >= 11 is 3.43. The highest BCUT2D eigenvalue weighted by Crippen LogP contribution is 2.44. The molecule has 0 aliphatic carbocycles. The van der Waals surface area contributed by atoms with Gasteiger partial charge in [0.2, 0.25) is 0 Å². The topological polar surface area (TPSA) is 76.3 Å². The van der Waals surface area contributed by atoms with Crippen molar-refractivity contribution < 1.29 is 27.4 Å². The second-order valence-electron chi connectivity index (χ2n) is 13.9. The van der Waals surface area contributed by atoms with Gasteiger partial charge in [0.05, 0.1) is 28.1 Å². The summed E-state index contributed by atoms with van der Waals surface area (Å²) < 4.78 is 54.8. The molecule has 0 N–H and O–H groups in total. The third-order valence-corrected chi connectivity index (χ3v) is 11.2. The second kappa shape index (κ2) is 10.7. The summed E-state index contributed by atoms with van der Waals surface area (Å²) in [6, 6.07) is 2.77. The third kappa shape index (κ3) is 4.90. The lowest BCUT2D eigenvalue weighted by atomic mass is 9.95. The fourth-order valence-electron chi connectivity index (χ4n) is 8.57. The number of ether oxygens (including phenoxy) is 3. The molecule has 2 bridgehead atoms. The van der Waals surface area contributed by atoms with Crippen LogP contribution in [0.3, 0.4) is 0 Å². The van der Waals surface area contributed by atoms with Crippen LogP contribution in [0.4, 0.5) is 14.6 Å². The molecule has 44 heavy (non-hydrogen) atoms. The summed E-state index contributed by atoms with van der Waals surface area (Å²) in [6.07, 6.45) is 4.72. The Morgan fingerprint density at radius 2 is 1.95 bits per heavy atom. The maximum Gasteiger partial charge on any atom is 0.319 e. The first kappa shape index (κ1) is 29.3. The molecule has 12 heteroatoms. The number of furan rings is 1. The molecule has 2 aromatic heterocycles. The van der Waals surface area contributed by atoms with Crippen molar-refractivity contribution in [3.05, 3.63) is 22.1 Å². The number of anilines is 1. The molecule has 5 atom stereocenters. The molecule has 5 aliphatic rings. The molecule has 0 saturated carbocycles. The minimum atomic E-state index is -0.857. The van der Waals surface area contributed by atoms with Crippen LogP contribution in [0.5, 0.6) is 6.01 Å². The number of piperazine rings is 1. The zero-order chi connectivity index (χ0) is 30.4. The fraction of sp³-hybridized carbons (Fsp3) is 0.688. The Kier molecular flexibility index (Phi) is 7.14. The number of hydrogen-bond acceptors (Lipinski definition) is 9. The molecule has 1 unspecified atom stereocenters. The Hall–Kier alpha value is -2.12. The zero-order valence-electron chi connectivity index (χ0n) is 25.6. The van der Waals surface area contributed by atoms with Crippen molar-refractivity contribution in [3.8, 4) is 6.01 Å². The number of aryl methyl sites for hydroxylation is 1. The maximum absolute atomic E-state index is 16.0. The minimum absolute atomic E-state index is 0.106. The Morgan fingerprint density at radius 3 is 2.70 bits per heavy atom. The molecule has 0 radical (unpaired) electrons. The van der Waals surface area contributed by atoms with E-state index in [-0.39, 0.29) is 34.2 Å². The molecule has 3 aromatic rings. The lowest BCUT2D eigenvalue weighted by Gasteiger charge is -2.42. The molecule has 9 nitrogen and oxygen atoms in total. The number of fused-ring (bicyclic) bond motifs is 6. The SMILES string of the molecule is Cc1cc2c(o1)c(Br)c(F)c1nc(OC[C@@]34CCCN3C[C@H](F)C4)nc(N3C[C@H]4CC[C@@H](C3)N4CCC3COC(C)(C)O3)c12. The average Bonchev–Trinajstić information content (AvgIpc) is 3.77. The highest BCUT2D eigenvalue weighted by molar-refractivity contribution is 9.10. The van der Waals surface area contributed by atoms with Crippen molar-refractivity contribution in [1.82, 2.24) is 19.8 Å². The van der Waals surface area contributed by atoms with Crippen molar-refractivity contribution in [1.29, 1.82) is 0 Å². The quantitative estimate of drug-likeness (QED) is 0.312.